The number of nitrogens with one attached hydrogen (secondary N) is 1. The van der Waals surface area contributed by atoms with Crippen LogP contribution in [0.3, 0.4) is 0 Å². The Balaban J connectivity index is 1.43. The third kappa shape index (κ3) is 3.41. The fourth-order valence-electron chi connectivity index (χ4n) is 4.12. The van der Waals surface area contributed by atoms with Crippen molar-refractivity contribution in [3.05, 3.63) is 36.0 Å². The Morgan fingerprint density at radius 1 is 1.24 bits per heavy atom. The number of nitrogens with zero attached hydrogens (tertiary/aromatic N) is 1. The topological polar surface area (TPSA) is 73.4 Å². The first kappa shape index (κ1) is 16.2. The molecular weight excluding hydrogens is 316 g/mol. The van der Waals surface area contributed by atoms with Crippen LogP contribution in [0.2, 0.25) is 0 Å². The number of carbonyl (C=O) groups excluding carboxylic acids is 1. The number of aromatic amines is 1. The minimum atomic E-state index is -0.792. The summed E-state index contributed by atoms with van der Waals surface area (Å²) in [6.07, 6.45) is 4.32. The van der Waals surface area contributed by atoms with E-state index in [0.29, 0.717) is 12.3 Å². The van der Waals surface area contributed by atoms with Crippen LogP contribution in [0, 0.1) is 5.41 Å². The molecule has 2 aliphatic rings. The highest BCUT2D eigenvalue weighted by atomic mass is 16.4. The van der Waals surface area contributed by atoms with Crippen molar-refractivity contribution in [2.24, 2.45) is 5.41 Å². The van der Waals surface area contributed by atoms with Gasteiger partial charge in [-0.1, -0.05) is 18.2 Å². The van der Waals surface area contributed by atoms with Gasteiger partial charge >= 0.3 is 5.97 Å². The van der Waals surface area contributed by atoms with Crippen molar-refractivity contribution >= 4 is 22.8 Å². The van der Waals surface area contributed by atoms with Crippen LogP contribution in [0.5, 0.6) is 0 Å². The predicted octanol–water partition coefficient (Wildman–Crippen LogP) is 3.52. The molecule has 5 nitrogen and oxygen atoms in total. The molecule has 132 valence electrons. The number of carboxylic acid groups (broad SMARTS) is 1. The zero-order chi connectivity index (χ0) is 17.4. The molecule has 2 aromatic rings. The molecule has 2 heterocycles. The first-order chi connectivity index (χ1) is 12.0. The van der Waals surface area contributed by atoms with Crippen LogP contribution < -0.4 is 0 Å². The van der Waals surface area contributed by atoms with Gasteiger partial charge in [-0.05, 0) is 48.6 Å². The van der Waals surface area contributed by atoms with Crippen LogP contribution >= 0.6 is 0 Å². The largest absolute Gasteiger partial charge is 0.481 e. The highest BCUT2D eigenvalue weighted by Gasteiger charge is 2.46. The molecule has 1 saturated heterocycles. The molecule has 1 unspecified atom stereocenters. The number of carbonyl (C=O) groups is 2. The Morgan fingerprint density at radius 3 is 2.76 bits per heavy atom. The molecular formula is C20H24N2O3. The molecule has 1 amide bonds. The van der Waals surface area contributed by atoms with Gasteiger partial charge in [0.1, 0.15) is 0 Å². The second-order valence-electron chi connectivity index (χ2n) is 7.74. The minimum Gasteiger partial charge on any atom is -0.481 e. The van der Waals surface area contributed by atoms with E-state index in [-0.39, 0.29) is 17.7 Å². The van der Waals surface area contributed by atoms with E-state index in [1.54, 1.807) is 0 Å². The van der Waals surface area contributed by atoms with E-state index in [2.05, 4.69) is 23.2 Å². The normalized spacial score (nSPS) is 22.1. The Bertz CT molecular complexity index is 773. The van der Waals surface area contributed by atoms with Crippen LogP contribution in [0.4, 0.5) is 0 Å². The SMILES string of the molecule is O=C(O)CC1(CC(=O)N2CCCC(c3cc4ccccc4[nH]3)C2)CC1. The number of rotatable bonds is 5. The Labute approximate surface area is 147 Å². The molecule has 0 bridgehead atoms. The smallest absolute Gasteiger partial charge is 0.303 e. The summed E-state index contributed by atoms with van der Waals surface area (Å²) in [4.78, 5) is 29.2. The Morgan fingerprint density at radius 2 is 2.04 bits per heavy atom. The first-order valence-corrected chi connectivity index (χ1v) is 9.12. The minimum absolute atomic E-state index is 0.123. The zero-order valence-corrected chi connectivity index (χ0v) is 14.3. The quantitative estimate of drug-likeness (QED) is 0.874. The number of carboxylic acids is 1. The van der Waals surface area contributed by atoms with Gasteiger partial charge in [0.15, 0.2) is 0 Å². The van der Waals surface area contributed by atoms with Crippen LogP contribution in [0.25, 0.3) is 10.9 Å². The van der Waals surface area contributed by atoms with E-state index in [0.717, 1.165) is 44.3 Å². The predicted molar refractivity (Wildman–Crippen MR) is 95.4 cm³/mol. The fraction of sp³-hybridized carbons (Fsp3) is 0.500. The number of aliphatic carboxylic acids is 1. The van der Waals surface area contributed by atoms with Crippen molar-refractivity contribution in [2.75, 3.05) is 13.1 Å². The maximum atomic E-state index is 12.7. The average molecular weight is 340 g/mol. The number of amides is 1. The second-order valence-corrected chi connectivity index (χ2v) is 7.74. The zero-order valence-electron chi connectivity index (χ0n) is 14.3. The monoisotopic (exact) mass is 340 g/mol. The summed E-state index contributed by atoms with van der Waals surface area (Å²) in [5.74, 6) is -0.334. The summed E-state index contributed by atoms with van der Waals surface area (Å²) >= 11 is 0. The number of H-pyrrole nitrogens is 1. The van der Waals surface area contributed by atoms with Crippen LogP contribution in [-0.4, -0.2) is 40.0 Å². The molecule has 1 saturated carbocycles. The molecule has 1 aliphatic heterocycles. The molecule has 1 atom stereocenters. The molecule has 25 heavy (non-hydrogen) atoms. The van der Waals surface area contributed by atoms with Gasteiger partial charge in [-0.3, -0.25) is 9.59 Å². The summed E-state index contributed by atoms with van der Waals surface area (Å²) in [6, 6.07) is 10.4. The lowest BCUT2D eigenvalue weighted by molar-refractivity contribution is -0.139. The molecule has 2 fully saturated rings. The van der Waals surface area contributed by atoms with E-state index in [1.807, 2.05) is 17.0 Å². The van der Waals surface area contributed by atoms with Gasteiger partial charge in [0, 0.05) is 36.6 Å². The van der Waals surface area contributed by atoms with Gasteiger partial charge in [0.25, 0.3) is 0 Å². The third-order valence-electron chi connectivity index (χ3n) is 5.77. The maximum absolute atomic E-state index is 12.7. The molecule has 5 heteroatoms. The fourth-order valence-corrected chi connectivity index (χ4v) is 4.12. The van der Waals surface area contributed by atoms with E-state index >= 15 is 0 Å². The number of hydrogen-bond acceptors (Lipinski definition) is 2. The van der Waals surface area contributed by atoms with Crippen molar-refractivity contribution in [1.82, 2.24) is 9.88 Å². The molecule has 4 rings (SSSR count). The number of piperidine rings is 1. The average Bonchev–Trinajstić information content (AvgIpc) is 3.19. The van der Waals surface area contributed by atoms with Gasteiger partial charge in [-0.15, -0.1) is 0 Å². The van der Waals surface area contributed by atoms with Gasteiger partial charge in [0.2, 0.25) is 5.91 Å². The number of fused-ring (bicyclic) bond motifs is 1. The molecule has 0 spiro atoms. The van der Waals surface area contributed by atoms with Crippen molar-refractivity contribution in [3.8, 4) is 0 Å². The Hall–Kier alpha value is -2.30. The highest BCUT2D eigenvalue weighted by molar-refractivity contribution is 5.81. The summed E-state index contributed by atoms with van der Waals surface area (Å²) in [7, 11) is 0. The second kappa shape index (κ2) is 6.21. The highest BCUT2D eigenvalue weighted by Crippen LogP contribution is 2.52. The molecule has 2 N–H and O–H groups in total. The first-order valence-electron chi connectivity index (χ1n) is 9.12. The molecule has 1 aromatic carbocycles. The molecule has 1 aliphatic carbocycles. The van der Waals surface area contributed by atoms with Crippen LogP contribution in [0.15, 0.2) is 30.3 Å². The molecule has 0 radical (unpaired) electrons. The number of benzene rings is 1. The maximum Gasteiger partial charge on any atom is 0.303 e. The summed E-state index contributed by atoms with van der Waals surface area (Å²) in [5, 5.41) is 10.3. The van der Waals surface area contributed by atoms with Crippen LogP contribution in [0.1, 0.15) is 50.1 Å². The summed E-state index contributed by atoms with van der Waals surface area (Å²) in [6.45, 7) is 1.52. The van der Waals surface area contributed by atoms with E-state index in [1.165, 1.54) is 11.1 Å². The van der Waals surface area contributed by atoms with Gasteiger partial charge in [-0.2, -0.15) is 0 Å². The van der Waals surface area contributed by atoms with E-state index < -0.39 is 5.97 Å². The van der Waals surface area contributed by atoms with Gasteiger partial charge in [0.05, 0.1) is 6.42 Å². The van der Waals surface area contributed by atoms with Crippen molar-refractivity contribution in [2.45, 2.75) is 44.4 Å². The summed E-state index contributed by atoms with van der Waals surface area (Å²) < 4.78 is 0. The van der Waals surface area contributed by atoms with Crippen molar-refractivity contribution in [1.29, 1.82) is 0 Å². The lowest BCUT2D eigenvalue weighted by Crippen LogP contribution is -2.40. The lowest BCUT2D eigenvalue weighted by atomic mass is 9.92. The van der Waals surface area contributed by atoms with Gasteiger partial charge in [-0.25, -0.2) is 0 Å². The third-order valence-corrected chi connectivity index (χ3v) is 5.77. The van der Waals surface area contributed by atoms with Gasteiger partial charge < -0.3 is 15.0 Å². The van der Waals surface area contributed by atoms with Crippen LogP contribution in [-0.2, 0) is 9.59 Å². The standard InChI is InChI=1S/C20H24N2O3/c23-18(11-20(7-8-20)12-19(24)25)22-9-3-5-15(13-22)17-10-14-4-1-2-6-16(14)21-17/h1-2,4,6,10,15,21H,3,5,7-9,11-13H2,(H,24,25). The summed E-state index contributed by atoms with van der Waals surface area (Å²) in [5.41, 5.74) is 2.07. The van der Waals surface area contributed by atoms with E-state index in [4.69, 9.17) is 5.11 Å². The number of hydrogen-bond donors (Lipinski definition) is 2. The number of likely N-dealkylation sites (tertiary alicyclic amines) is 1. The number of para-hydroxylation sites is 1. The van der Waals surface area contributed by atoms with E-state index in [9.17, 15) is 9.59 Å². The Kier molecular flexibility index (Phi) is 4.02. The van der Waals surface area contributed by atoms with Crippen molar-refractivity contribution < 1.29 is 14.7 Å². The number of aromatic nitrogens is 1. The molecule has 1 aromatic heterocycles. The lowest BCUT2D eigenvalue weighted by Gasteiger charge is -2.33. The van der Waals surface area contributed by atoms with Crippen molar-refractivity contribution in [3.63, 3.8) is 0 Å².